The zero-order chi connectivity index (χ0) is 21.8. The lowest BCUT2D eigenvalue weighted by Crippen LogP contribution is -2.18. The quantitative estimate of drug-likeness (QED) is 0.422. The summed E-state index contributed by atoms with van der Waals surface area (Å²) in [6, 6.07) is 10.0. The van der Waals surface area contributed by atoms with Crippen LogP contribution in [0, 0.1) is 10.1 Å². The van der Waals surface area contributed by atoms with Gasteiger partial charge in [0.05, 0.1) is 25.2 Å². The van der Waals surface area contributed by atoms with Gasteiger partial charge in [-0.3, -0.25) is 10.1 Å². The summed E-state index contributed by atoms with van der Waals surface area (Å²) >= 11 is 0. The molecule has 2 heterocycles. The van der Waals surface area contributed by atoms with Crippen molar-refractivity contribution in [3.63, 3.8) is 0 Å². The maximum Gasteiger partial charge on any atom is 0.293 e. The van der Waals surface area contributed by atoms with E-state index in [4.69, 9.17) is 18.7 Å². The normalized spacial score (nSPS) is 15.6. The first-order valence-corrected chi connectivity index (χ1v) is 9.79. The molecule has 0 saturated carbocycles. The number of nitrogens with zero attached hydrogens (tertiary/aromatic N) is 3. The number of hydrogen-bond acceptors (Lipinski definition) is 9. The van der Waals surface area contributed by atoms with Crippen molar-refractivity contribution in [1.82, 2.24) is 10.1 Å². The molecule has 1 N–H and O–H groups in total. The van der Waals surface area contributed by atoms with Gasteiger partial charge in [0.1, 0.15) is 5.69 Å². The van der Waals surface area contributed by atoms with Crippen LogP contribution in [0.2, 0.25) is 0 Å². The number of methoxy groups -OCH3 is 2. The Hall–Kier alpha value is -3.66. The molecule has 0 unspecified atom stereocenters. The molecule has 2 aromatic carbocycles. The lowest BCUT2D eigenvalue weighted by molar-refractivity contribution is -0.383. The zero-order valence-electron chi connectivity index (χ0n) is 17.2. The van der Waals surface area contributed by atoms with Crippen LogP contribution in [0.25, 0.3) is 22.8 Å². The Labute approximate surface area is 178 Å². The van der Waals surface area contributed by atoms with E-state index >= 15 is 0 Å². The minimum atomic E-state index is -0.438. The van der Waals surface area contributed by atoms with E-state index < -0.39 is 4.92 Å². The number of nitro benzene ring substituents is 1. The summed E-state index contributed by atoms with van der Waals surface area (Å²) in [6.45, 7) is 1.25. The van der Waals surface area contributed by atoms with E-state index in [0.29, 0.717) is 40.7 Å². The van der Waals surface area contributed by atoms with E-state index in [9.17, 15) is 10.1 Å². The molecule has 162 valence electrons. The van der Waals surface area contributed by atoms with Gasteiger partial charge in [-0.25, -0.2) is 0 Å². The highest BCUT2D eigenvalue weighted by molar-refractivity contribution is 5.71. The topological polar surface area (TPSA) is 122 Å². The molecule has 0 radical (unpaired) electrons. The molecule has 1 aliphatic heterocycles. The molecular formula is C21H22N4O6. The van der Waals surface area contributed by atoms with Gasteiger partial charge in [0.15, 0.2) is 11.5 Å². The molecule has 1 aromatic heterocycles. The van der Waals surface area contributed by atoms with Gasteiger partial charge in [-0.2, -0.15) is 4.98 Å². The molecule has 0 spiro atoms. The third-order valence-electron chi connectivity index (χ3n) is 5.05. The number of aromatic nitrogens is 2. The van der Waals surface area contributed by atoms with Crippen LogP contribution in [0.3, 0.4) is 0 Å². The summed E-state index contributed by atoms with van der Waals surface area (Å²) in [5, 5.41) is 18.7. The van der Waals surface area contributed by atoms with Crippen molar-refractivity contribution in [3.05, 3.63) is 46.5 Å². The number of hydrogen-bond donors (Lipinski definition) is 1. The fourth-order valence-corrected chi connectivity index (χ4v) is 3.43. The van der Waals surface area contributed by atoms with Crippen LogP contribution >= 0.6 is 0 Å². The van der Waals surface area contributed by atoms with Crippen molar-refractivity contribution in [2.75, 3.05) is 32.7 Å². The van der Waals surface area contributed by atoms with E-state index in [1.807, 2.05) is 0 Å². The van der Waals surface area contributed by atoms with Crippen molar-refractivity contribution in [2.24, 2.45) is 0 Å². The monoisotopic (exact) mass is 426 g/mol. The first-order valence-electron chi connectivity index (χ1n) is 9.79. The van der Waals surface area contributed by atoms with Gasteiger partial charge < -0.3 is 24.1 Å². The van der Waals surface area contributed by atoms with E-state index in [1.54, 1.807) is 37.4 Å². The van der Waals surface area contributed by atoms with Crippen LogP contribution in [0.1, 0.15) is 12.8 Å². The maximum absolute atomic E-state index is 11.6. The lowest BCUT2D eigenvalue weighted by atomic mass is 10.1. The fourth-order valence-electron chi connectivity index (χ4n) is 3.43. The van der Waals surface area contributed by atoms with Crippen molar-refractivity contribution < 1.29 is 23.7 Å². The first kappa shape index (κ1) is 20.6. The molecule has 1 saturated heterocycles. The van der Waals surface area contributed by atoms with Crippen molar-refractivity contribution in [3.8, 4) is 34.3 Å². The van der Waals surface area contributed by atoms with Crippen molar-refractivity contribution in [1.29, 1.82) is 0 Å². The first-order chi connectivity index (χ1) is 15.1. The molecule has 0 aliphatic carbocycles. The number of rotatable bonds is 8. The molecule has 1 fully saturated rings. The lowest BCUT2D eigenvalue weighted by Gasteiger charge is -2.12. The van der Waals surface area contributed by atoms with Crippen LogP contribution in [-0.4, -0.2) is 48.5 Å². The predicted molar refractivity (Wildman–Crippen MR) is 112 cm³/mol. The summed E-state index contributed by atoms with van der Waals surface area (Å²) in [7, 11) is 3.09. The third kappa shape index (κ3) is 4.43. The summed E-state index contributed by atoms with van der Waals surface area (Å²) in [4.78, 5) is 15.5. The molecule has 3 aromatic rings. The highest BCUT2D eigenvalue weighted by Gasteiger charge is 2.21. The molecule has 4 rings (SSSR count). The van der Waals surface area contributed by atoms with Gasteiger partial charge in [-0.1, -0.05) is 5.16 Å². The van der Waals surface area contributed by atoms with E-state index in [0.717, 1.165) is 19.4 Å². The average Bonchev–Trinajstić information content (AvgIpc) is 3.49. The van der Waals surface area contributed by atoms with E-state index in [2.05, 4.69) is 15.5 Å². The van der Waals surface area contributed by atoms with Gasteiger partial charge in [-0.05, 0) is 43.2 Å². The molecule has 10 nitrogen and oxygen atoms in total. The van der Waals surface area contributed by atoms with Crippen molar-refractivity contribution in [2.45, 2.75) is 18.9 Å². The van der Waals surface area contributed by atoms with Gasteiger partial charge in [0.25, 0.3) is 11.6 Å². The second kappa shape index (κ2) is 9.00. The SMILES string of the molecule is COc1ccc(-c2noc(-c3ccc(NC[C@H]4CCCO4)c([N+](=O)[O-])c3)n2)cc1OC. The van der Waals surface area contributed by atoms with Crippen LogP contribution in [0.4, 0.5) is 11.4 Å². The summed E-state index contributed by atoms with van der Waals surface area (Å²) in [5.41, 5.74) is 1.47. The third-order valence-corrected chi connectivity index (χ3v) is 5.05. The van der Waals surface area contributed by atoms with Crippen LogP contribution in [0.15, 0.2) is 40.9 Å². The molecule has 10 heteroatoms. The molecule has 0 amide bonds. The maximum atomic E-state index is 11.6. The highest BCUT2D eigenvalue weighted by atomic mass is 16.6. The Kier molecular flexibility index (Phi) is 5.99. The van der Waals surface area contributed by atoms with Gasteiger partial charge in [0.2, 0.25) is 5.82 Å². The van der Waals surface area contributed by atoms with E-state index in [1.165, 1.54) is 13.2 Å². The second-order valence-corrected chi connectivity index (χ2v) is 7.00. The number of nitrogens with one attached hydrogen (secondary N) is 1. The summed E-state index contributed by atoms with van der Waals surface area (Å²) in [5.74, 6) is 1.62. The Bertz CT molecular complexity index is 1080. The van der Waals surface area contributed by atoms with Crippen LogP contribution in [-0.2, 0) is 4.74 Å². The summed E-state index contributed by atoms with van der Waals surface area (Å²) in [6.07, 6.45) is 2.02. The van der Waals surface area contributed by atoms with Gasteiger partial charge in [-0.15, -0.1) is 0 Å². The fraction of sp³-hybridized carbons (Fsp3) is 0.333. The minimum absolute atomic E-state index is 0.0682. The Morgan fingerprint density at radius 1 is 1.16 bits per heavy atom. The molecular weight excluding hydrogens is 404 g/mol. The standard InChI is InChI=1S/C21H22N4O6/c1-28-18-8-6-13(11-19(18)29-2)20-23-21(31-24-20)14-5-7-16(17(10-14)25(26)27)22-12-15-4-3-9-30-15/h5-8,10-11,15,22H,3-4,9,12H2,1-2H3/t15-/m1/s1. The predicted octanol–water partition coefficient (Wildman–Crippen LogP) is 3.92. The smallest absolute Gasteiger partial charge is 0.293 e. The van der Waals surface area contributed by atoms with Crippen LogP contribution in [0.5, 0.6) is 11.5 Å². The zero-order valence-corrected chi connectivity index (χ0v) is 17.2. The second-order valence-electron chi connectivity index (χ2n) is 7.00. The van der Waals surface area contributed by atoms with Crippen LogP contribution < -0.4 is 14.8 Å². The molecule has 1 aliphatic rings. The largest absolute Gasteiger partial charge is 0.493 e. The summed E-state index contributed by atoms with van der Waals surface area (Å²) < 4.78 is 21.5. The molecule has 0 bridgehead atoms. The van der Waals surface area contributed by atoms with Crippen molar-refractivity contribution >= 4 is 11.4 Å². The number of ether oxygens (including phenoxy) is 3. The van der Waals surface area contributed by atoms with Gasteiger partial charge in [0, 0.05) is 30.3 Å². The Balaban J connectivity index is 1.58. The number of anilines is 1. The number of benzene rings is 2. The Morgan fingerprint density at radius 2 is 1.97 bits per heavy atom. The number of nitro groups is 1. The Morgan fingerprint density at radius 3 is 2.68 bits per heavy atom. The average molecular weight is 426 g/mol. The molecule has 31 heavy (non-hydrogen) atoms. The van der Waals surface area contributed by atoms with E-state index in [-0.39, 0.29) is 17.7 Å². The highest BCUT2D eigenvalue weighted by Crippen LogP contribution is 2.34. The van der Waals surface area contributed by atoms with Gasteiger partial charge >= 0.3 is 0 Å². The minimum Gasteiger partial charge on any atom is -0.493 e. The molecule has 1 atom stereocenters.